The van der Waals surface area contributed by atoms with Crippen LogP contribution in [0.15, 0.2) is 19.6 Å². The van der Waals surface area contributed by atoms with Crippen LogP contribution in [-0.2, 0) is 9.47 Å². The summed E-state index contributed by atoms with van der Waals surface area (Å²) in [5.41, 5.74) is 5.96. The van der Waals surface area contributed by atoms with Crippen molar-refractivity contribution >= 4 is 31.9 Å². The second kappa shape index (κ2) is 10.7. The molecular weight excluding hydrogens is 404 g/mol. The van der Waals surface area contributed by atoms with Gasteiger partial charge in [0.1, 0.15) is 5.76 Å². The Labute approximate surface area is 143 Å². The Hall–Kier alpha value is 0.0800. The molecule has 0 amide bonds. The third-order valence-electron chi connectivity index (χ3n) is 3.11. The van der Waals surface area contributed by atoms with Crippen LogP contribution < -0.4 is 5.73 Å². The zero-order chi connectivity index (χ0) is 15.7. The monoisotopic (exact) mass is 426 g/mol. The van der Waals surface area contributed by atoms with Gasteiger partial charge in [-0.2, -0.15) is 0 Å². The summed E-state index contributed by atoms with van der Waals surface area (Å²) in [5, 5.41) is 0. The van der Waals surface area contributed by atoms with Crippen molar-refractivity contribution in [2.75, 3.05) is 46.1 Å². The number of halogens is 2. The number of hydrogen-bond acceptors (Lipinski definition) is 5. The number of furan rings is 1. The molecule has 1 rings (SSSR count). The Bertz CT molecular complexity index is 372. The van der Waals surface area contributed by atoms with Crippen LogP contribution in [-0.4, -0.2) is 51.0 Å². The van der Waals surface area contributed by atoms with E-state index in [-0.39, 0.29) is 6.04 Å². The number of rotatable bonds is 11. The Kier molecular flexibility index (Phi) is 9.79. The Morgan fingerprint density at radius 3 is 2.14 bits per heavy atom. The average molecular weight is 428 g/mol. The van der Waals surface area contributed by atoms with Crippen molar-refractivity contribution in [2.24, 2.45) is 5.73 Å². The molecule has 0 saturated heterocycles. The maximum Gasteiger partial charge on any atom is 0.183 e. The SMILES string of the molecule is CCOCCN(CCOCC)C(CN)c1cc(Br)c(Br)o1. The second-order valence-electron chi connectivity index (χ2n) is 4.45. The summed E-state index contributed by atoms with van der Waals surface area (Å²) >= 11 is 6.81. The number of ether oxygens (including phenoxy) is 2. The zero-order valence-electron chi connectivity index (χ0n) is 12.6. The van der Waals surface area contributed by atoms with Crippen LogP contribution in [0.5, 0.6) is 0 Å². The van der Waals surface area contributed by atoms with E-state index >= 15 is 0 Å². The third kappa shape index (κ3) is 6.38. The van der Waals surface area contributed by atoms with Crippen molar-refractivity contribution in [1.29, 1.82) is 0 Å². The molecule has 0 aliphatic carbocycles. The van der Waals surface area contributed by atoms with Crippen LogP contribution in [0.2, 0.25) is 0 Å². The van der Waals surface area contributed by atoms with Gasteiger partial charge in [0.15, 0.2) is 4.67 Å². The third-order valence-corrected chi connectivity index (χ3v) is 4.82. The minimum Gasteiger partial charge on any atom is -0.451 e. The Balaban J connectivity index is 2.74. The molecule has 2 N–H and O–H groups in total. The predicted molar refractivity (Wildman–Crippen MR) is 90.5 cm³/mol. The van der Waals surface area contributed by atoms with E-state index in [0.717, 1.165) is 23.3 Å². The molecule has 0 aliphatic heterocycles. The number of hydrogen-bond donors (Lipinski definition) is 1. The van der Waals surface area contributed by atoms with Gasteiger partial charge < -0.3 is 19.6 Å². The lowest BCUT2D eigenvalue weighted by molar-refractivity contribution is 0.0589. The minimum atomic E-state index is 0.00788. The molecule has 0 spiro atoms. The van der Waals surface area contributed by atoms with E-state index in [1.807, 2.05) is 19.9 Å². The van der Waals surface area contributed by atoms with E-state index in [1.165, 1.54) is 0 Å². The van der Waals surface area contributed by atoms with Crippen molar-refractivity contribution in [2.45, 2.75) is 19.9 Å². The van der Waals surface area contributed by atoms with Crippen LogP contribution in [0.4, 0.5) is 0 Å². The summed E-state index contributed by atoms with van der Waals surface area (Å²) in [6.45, 7) is 8.80. The van der Waals surface area contributed by atoms with E-state index < -0.39 is 0 Å². The first-order chi connectivity index (χ1) is 10.1. The van der Waals surface area contributed by atoms with Crippen LogP contribution in [0.3, 0.4) is 0 Å². The molecule has 5 nitrogen and oxygen atoms in total. The van der Waals surface area contributed by atoms with Gasteiger partial charge in [-0.25, -0.2) is 0 Å². The standard InChI is InChI=1S/C14H24Br2N2O3/c1-3-19-7-5-18(6-8-20-4-2)12(10-17)13-9-11(15)14(16)21-13/h9,12H,3-8,10,17H2,1-2H3. The number of nitrogens with two attached hydrogens (primary N) is 1. The van der Waals surface area contributed by atoms with Crippen molar-refractivity contribution < 1.29 is 13.9 Å². The molecule has 1 heterocycles. The molecule has 0 radical (unpaired) electrons. The quantitative estimate of drug-likeness (QED) is 0.549. The van der Waals surface area contributed by atoms with Gasteiger partial charge >= 0.3 is 0 Å². The van der Waals surface area contributed by atoms with Crippen molar-refractivity contribution in [3.8, 4) is 0 Å². The number of nitrogens with zero attached hydrogens (tertiary/aromatic N) is 1. The molecular formula is C14H24Br2N2O3. The second-order valence-corrected chi connectivity index (χ2v) is 6.03. The molecule has 0 aromatic carbocycles. The van der Waals surface area contributed by atoms with Gasteiger partial charge in [0, 0.05) is 32.8 Å². The molecule has 7 heteroatoms. The van der Waals surface area contributed by atoms with Gasteiger partial charge in [-0.1, -0.05) is 0 Å². The molecule has 1 unspecified atom stereocenters. The summed E-state index contributed by atoms with van der Waals surface area (Å²) in [5.74, 6) is 0.837. The highest BCUT2D eigenvalue weighted by Crippen LogP contribution is 2.31. The van der Waals surface area contributed by atoms with Gasteiger partial charge in [0.2, 0.25) is 0 Å². The van der Waals surface area contributed by atoms with Gasteiger partial charge in [-0.15, -0.1) is 0 Å². The van der Waals surface area contributed by atoms with Crippen LogP contribution in [0.1, 0.15) is 25.6 Å². The van der Waals surface area contributed by atoms with Crippen LogP contribution in [0.25, 0.3) is 0 Å². The molecule has 21 heavy (non-hydrogen) atoms. The summed E-state index contributed by atoms with van der Waals surface area (Å²) in [4.78, 5) is 2.24. The molecule has 0 fully saturated rings. The molecule has 0 saturated carbocycles. The molecule has 0 aliphatic rings. The lowest BCUT2D eigenvalue weighted by Crippen LogP contribution is -2.38. The maximum atomic E-state index is 5.96. The van der Waals surface area contributed by atoms with E-state index in [9.17, 15) is 0 Å². The fraction of sp³-hybridized carbons (Fsp3) is 0.714. The molecule has 1 aromatic heterocycles. The summed E-state index contributed by atoms with van der Waals surface area (Å²) in [6, 6.07) is 1.96. The molecule has 0 bridgehead atoms. The van der Waals surface area contributed by atoms with Crippen LogP contribution >= 0.6 is 31.9 Å². The lowest BCUT2D eigenvalue weighted by atomic mass is 10.2. The van der Waals surface area contributed by atoms with E-state index in [2.05, 4.69) is 36.8 Å². The smallest absolute Gasteiger partial charge is 0.183 e. The molecule has 1 atom stereocenters. The average Bonchev–Trinajstić information content (AvgIpc) is 2.79. The van der Waals surface area contributed by atoms with Crippen molar-refractivity contribution in [1.82, 2.24) is 4.90 Å². The van der Waals surface area contributed by atoms with Gasteiger partial charge in [0.25, 0.3) is 0 Å². The summed E-state index contributed by atoms with van der Waals surface area (Å²) < 4.78 is 18.2. The highest BCUT2D eigenvalue weighted by Gasteiger charge is 2.23. The van der Waals surface area contributed by atoms with Gasteiger partial charge in [-0.3, -0.25) is 4.90 Å². The largest absolute Gasteiger partial charge is 0.451 e. The van der Waals surface area contributed by atoms with Crippen molar-refractivity contribution in [3.63, 3.8) is 0 Å². The highest BCUT2D eigenvalue weighted by atomic mass is 79.9. The predicted octanol–water partition coefficient (Wildman–Crippen LogP) is 3.18. The fourth-order valence-corrected chi connectivity index (χ4v) is 2.66. The summed E-state index contributed by atoms with van der Waals surface area (Å²) in [6.07, 6.45) is 0. The maximum absolute atomic E-state index is 5.96. The first-order valence-electron chi connectivity index (χ1n) is 7.18. The molecule has 1 aromatic rings. The minimum absolute atomic E-state index is 0.00788. The molecule has 122 valence electrons. The normalized spacial score (nSPS) is 13.0. The van der Waals surface area contributed by atoms with E-state index in [1.54, 1.807) is 0 Å². The first kappa shape index (κ1) is 19.1. The van der Waals surface area contributed by atoms with Gasteiger partial charge in [-0.05, 0) is 51.8 Å². The van der Waals surface area contributed by atoms with E-state index in [0.29, 0.717) is 37.6 Å². The van der Waals surface area contributed by atoms with Crippen LogP contribution in [0, 0.1) is 0 Å². The first-order valence-corrected chi connectivity index (χ1v) is 8.76. The Morgan fingerprint density at radius 1 is 1.19 bits per heavy atom. The zero-order valence-corrected chi connectivity index (χ0v) is 15.8. The lowest BCUT2D eigenvalue weighted by Gasteiger charge is -2.29. The highest BCUT2D eigenvalue weighted by molar-refractivity contribution is 9.13. The summed E-state index contributed by atoms with van der Waals surface area (Å²) in [7, 11) is 0. The van der Waals surface area contributed by atoms with Gasteiger partial charge in [0.05, 0.1) is 23.7 Å². The topological polar surface area (TPSA) is 60.9 Å². The van der Waals surface area contributed by atoms with E-state index in [4.69, 9.17) is 19.6 Å². The Morgan fingerprint density at radius 2 is 1.76 bits per heavy atom. The fourth-order valence-electron chi connectivity index (χ4n) is 2.05. The van der Waals surface area contributed by atoms with Crippen molar-refractivity contribution in [3.05, 3.63) is 21.0 Å².